The lowest BCUT2D eigenvalue weighted by atomic mass is 9.82. The number of para-hydroxylation sites is 2. The fraction of sp³-hybridized carbons (Fsp3) is 0.169. The van der Waals surface area contributed by atoms with Gasteiger partial charge < -0.3 is 14.0 Å². The molecule has 14 rings (SSSR count). The molecule has 388 valence electrons. The van der Waals surface area contributed by atoms with Gasteiger partial charge in [-0.15, -0.1) is 0 Å². The van der Waals surface area contributed by atoms with Crippen LogP contribution in [0.3, 0.4) is 0 Å². The Kier molecular flexibility index (Phi) is 11.4. The molecular formula is C77H65N3. The number of hydrogen-bond donors (Lipinski definition) is 0. The lowest BCUT2D eigenvalue weighted by molar-refractivity contribution is 0.589. The van der Waals surface area contributed by atoms with Gasteiger partial charge in [-0.3, -0.25) is 0 Å². The summed E-state index contributed by atoms with van der Waals surface area (Å²) in [6.45, 7) is 18.7. The van der Waals surface area contributed by atoms with Gasteiger partial charge in [0.05, 0.1) is 22.2 Å². The second kappa shape index (κ2) is 18.5. The topological polar surface area (TPSA) is 13.1 Å². The van der Waals surface area contributed by atoms with Crippen molar-refractivity contribution in [3.05, 3.63) is 269 Å². The second-order valence-electron chi connectivity index (χ2n) is 24.8. The molecule has 0 aliphatic heterocycles. The maximum absolute atomic E-state index is 3.13. The molecule has 3 heteroatoms. The summed E-state index contributed by atoms with van der Waals surface area (Å²) in [5, 5.41) is 3.81. The summed E-state index contributed by atoms with van der Waals surface area (Å²) in [6, 6.07) is 73.6. The molecule has 2 heterocycles. The molecule has 0 radical (unpaired) electrons. The molecule has 80 heavy (non-hydrogen) atoms. The van der Waals surface area contributed by atoms with E-state index in [-0.39, 0.29) is 16.2 Å². The summed E-state index contributed by atoms with van der Waals surface area (Å²) < 4.78 is 5.05. The van der Waals surface area contributed by atoms with E-state index < -0.39 is 0 Å². The van der Waals surface area contributed by atoms with E-state index >= 15 is 0 Å². The average Bonchev–Trinajstić information content (AvgIpc) is 4.25. The predicted molar refractivity (Wildman–Crippen MR) is 340 cm³/mol. The third-order valence-corrected chi connectivity index (χ3v) is 17.4. The van der Waals surface area contributed by atoms with E-state index in [0.717, 1.165) is 46.7 Å². The third kappa shape index (κ3) is 8.11. The number of anilines is 3. The zero-order valence-electron chi connectivity index (χ0n) is 47.1. The van der Waals surface area contributed by atoms with Gasteiger partial charge >= 0.3 is 0 Å². The standard InChI is InChI=1S/C77H65N3/c1-75(2,3)55-35-41-61(74(48-55)80-71-28-18-13-23-64(71)65-24-14-19-29-72(65)80)54-44-56(76(4,5)6)47-60(45-54)79-70-27-17-15-25-66(70)67-46-53(34-43-73(67)79)52-32-38-58(39-33-52)78(57-36-30-51(31-37-57)50-20-10-9-11-21-50)59-40-42-63-62-22-12-16-26-68(62)77(7,8)69(63)49-59/h10,12-13,15-23,25-49H,14,24H2,1-8H3. The minimum Gasteiger partial charge on any atom is -0.310 e. The van der Waals surface area contributed by atoms with Crippen molar-refractivity contribution in [1.82, 2.24) is 9.13 Å². The highest BCUT2D eigenvalue weighted by atomic mass is 15.1. The molecule has 0 atom stereocenters. The quantitative estimate of drug-likeness (QED) is 0.138. The number of aryl methyl sites for hydroxylation is 1. The number of hydrogen-bond acceptors (Lipinski definition) is 1. The molecule has 3 nitrogen and oxygen atoms in total. The SMILES string of the molecule is CC(C)(C)c1cc(-c2ccc(C(C)(C)C)cc2-n2c3c(c4ccccc42)CCC=C3)cc(-n2c3ccccc3c3cc(-c4ccc(N(c5ccc(C6=CC=C=C=C6)cc5)c5ccc6c(c5)C(C)(C)c5ccccc5-6)cc4)ccc32)c1. The first-order valence-corrected chi connectivity index (χ1v) is 28.5. The molecule has 0 saturated carbocycles. The average molecular weight is 1030 g/mol. The highest BCUT2D eigenvalue weighted by molar-refractivity contribution is 6.10. The highest BCUT2D eigenvalue weighted by Crippen LogP contribution is 2.51. The van der Waals surface area contributed by atoms with E-state index in [9.17, 15) is 0 Å². The lowest BCUT2D eigenvalue weighted by Gasteiger charge is -2.28. The van der Waals surface area contributed by atoms with Gasteiger partial charge in [-0.05, 0) is 194 Å². The Morgan fingerprint density at radius 2 is 1.11 bits per heavy atom. The van der Waals surface area contributed by atoms with Crippen LogP contribution in [-0.2, 0) is 22.7 Å². The molecule has 0 unspecified atom stereocenters. The predicted octanol–water partition coefficient (Wildman–Crippen LogP) is 20.7. The maximum atomic E-state index is 3.13. The van der Waals surface area contributed by atoms with E-state index in [4.69, 9.17) is 0 Å². The van der Waals surface area contributed by atoms with Crippen molar-refractivity contribution in [3.8, 4) is 44.8 Å². The minimum absolute atomic E-state index is 0.0305. The summed E-state index contributed by atoms with van der Waals surface area (Å²) in [4.78, 5) is 2.40. The van der Waals surface area contributed by atoms with Crippen molar-refractivity contribution in [1.29, 1.82) is 0 Å². The molecule has 0 N–H and O–H groups in total. The van der Waals surface area contributed by atoms with E-state index in [1.165, 1.54) is 105 Å². The van der Waals surface area contributed by atoms with Crippen LogP contribution in [0.1, 0.15) is 101 Å². The molecule has 3 aliphatic carbocycles. The van der Waals surface area contributed by atoms with Crippen LogP contribution < -0.4 is 4.90 Å². The van der Waals surface area contributed by atoms with E-state index in [1.54, 1.807) is 0 Å². The van der Waals surface area contributed by atoms with Crippen LogP contribution >= 0.6 is 0 Å². The number of aromatic nitrogens is 2. The van der Waals surface area contributed by atoms with E-state index in [1.807, 2.05) is 12.2 Å². The Hall–Kier alpha value is -9.10. The van der Waals surface area contributed by atoms with Crippen molar-refractivity contribution in [2.24, 2.45) is 0 Å². The third-order valence-electron chi connectivity index (χ3n) is 17.4. The van der Waals surface area contributed by atoms with Gasteiger partial charge in [0.25, 0.3) is 0 Å². The van der Waals surface area contributed by atoms with Crippen LogP contribution in [0.4, 0.5) is 17.1 Å². The highest BCUT2D eigenvalue weighted by Gasteiger charge is 2.36. The second-order valence-corrected chi connectivity index (χ2v) is 24.8. The van der Waals surface area contributed by atoms with E-state index in [0.29, 0.717) is 0 Å². The Morgan fingerprint density at radius 1 is 0.475 bits per heavy atom. The number of rotatable bonds is 8. The first-order valence-electron chi connectivity index (χ1n) is 28.5. The molecule has 11 aromatic rings. The largest absolute Gasteiger partial charge is 0.310 e. The van der Waals surface area contributed by atoms with Crippen LogP contribution in [0.25, 0.3) is 89.1 Å². The van der Waals surface area contributed by atoms with Gasteiger partial charge in [-0.1, -0.05) is 188 Å². The first-order chi connectivity index (χ1) is 38.7. The number of fused-ring (bicyclic) bond motifs is 9. The molecule has 9 aromatic carbocycles. The summed E-state index contributed by atoms with van der Waals surface area (Å²) in [5.41, 5.74) is 33.0. The maximum Gasteiger partial charge on any atom is 0.0543 e. The minimum atomic E-state index is -0.125. The fourth-order valence-corrected chi connectivity index (χ4v) is 13.0. The van der Waals surface area contributed by atoms with Crippen molar-refractivity contribution < 1.29 is 0 Å². The van der Waals surface area contributed by atoms with Gasteiger partial charge in [-0.25, -0.2) is 0 Å². The first kappa shape index (κ1) is 49.2. The molecule has 0 saturated heterocycles. The van der Waals surface area contributed by atoms with Crippen LogP contribution in [0.15, 0.2) is 230 Å². The zero-order valence-corrected chi connectivity index (χ0v) is 47.1. The van der Waals surface area contributed by atoms with Crippen LogP contribution in [0, 0.1) is 0 Å². The van der Waals surface area contributed by atoms with Gasteiger partial charge in [0.1, 0.15) is 0 Å². The molecule has 3 aliphatic rings. The molecule has 0 spiro atoms. The van der Waals surface area contributed by atoms with Crippen molar-refractivity contribution in [3.63, 3.8) is 0 Å². The summed E-state index contributed by atoms with van der Waals surface area (Å²) in [6.07, 6.45) is 12.8. The number of benzene rings is 9. The summed E-state index contributed by atoms with van der Waals surface area (Å²) in [5.74, 6) is 0. The fourth-order valence-electron chi connectivity index (χ4n) is 13.0. The van der Waals surface area contributed by atoms with Crippen LogP contribution in [0.2, 0.25) is 0 Å². The Balaban J connectivity index is 0.881. The van der Waals surface area contributed by atoms with Crippen LogP contribution in [-0.4, -0.2) is 9.13 Å². The van der Waals surface area contributed by atoms with Gasteiger partial charge in [-0.2, -0.15) is 0 Å². The monoisotopic (exact) mass is 1030 g/mol. The van der Waals surface area contributed by atoms with Crippen molar-refractivity contribution in [2.45, 2.75) is 84.5 Å². The van der Waals surface area contributed by atoms with Gasteiger partial charge in [0.2, 0.25) is 0 Å². The molecule has 2 aromatic heterocycles. The number of allylic oxidation sites excluding steroid dienone is 5. The van der Waals surface area contributed by atoms with Gasteiger partial charge in [0, 0.05) is 55.6 Å². The Morgan fingerprint density at radius 3 is 1.85 bits per heavy atom. The zero-order chi connectivity index (χ0) is 54.7. The smallest absolute Gasteiger partial charge is 0.0543 e. The van der Waals surface area contributed by atoms with Crippen LogP contribution in [0.5, 0.6) is 0 Å². The van der Waals surface area contributed by atoms with Crippen molar-refractivity contribution >= 4 is 61.4 Å². The molecule has 0 amide bonds. The van der Waals surface area contributed by atoms with Gasteiger partial charge in [0.15, 0.2) is 0 Å². The van der Waals surface area contributed by atoms with Crippen molar-refractivity contribution in [2.75, 3.05) is 4.90 Å². The summed E-state index contributed by atoms with van der Waals surface area (Å²) >= 11 is 0. The lowest BCUT2D eigenvalue weighted by Crippen LogP contribution is -2.16. The Labute approximate surface area is 471 Å². The normalized spacial score (nSPS) is 14.2. The molecular weight excluding hydrogens is 967 g/mol. The summed E-state index contributed by atoms with van der Waals surface area (Å²) in [7, 11) is 0. The molecule has 0 bridgehead atoms. The Bertz CT molecular complexity index is 4510. The van der Waals surface area contributed by atoms with E-state index in [2.05, 4.69) is 293 Å². The molecule has 0 fully saturated rings. The number of nitrogens with zero attached hydrogens (tertiary/aromatic N) is 3.